The fraction of sp³-hybridized carbons (Fsp3) is 0.250. The van der Waals surface area contributed by atoms with Gasteiger partial charge in [-0.15, -0.1) is 0 Å². The first-order chi connectivity index (χ1) is 8.19. The fourth-order valence-electron chi connectivity index (χ4n) is 1.77. The highest BCUT2D eigenvalue weighted by Crippen LogP contribution is 2.20. The number of H-pyrrole nitrogens is 1. The minimum Gasteiger partial charge on any atom is -0.347 e. The molecule has 0 aliphatic heterocycles. The van der Waals surface area contributed by atoms with Crippen molar-refractivity contribution in [2.75, 3.05) is 7.05 Å². The summed E-state index contributed by atoms with van der Waals surface area (Å²) in [5, 5.41) is 3.16. The van der Waals surface area contributed by atoms with Crippen LogP contribution in [0.2, 0.25) is 0 Å². The molecule has 0 aliphatic carbocycles. The molecular formula is C12H13BrFN3. The lowest BCUT2D eigenvalue weighted by Gasteiger charge is -2.14. The fourth-order valence-corrected chi connectivity index (χ4v) is 2.28. The number of aromatic nitrogens is 2. The zero-order valence-corrected chi connectivity index (χ0v) is 11.0. The van der Waals surface area contributed by atoms with Gasteiger partial charge in [0.05, 0.1) is 6.04 Å². The number of imidazole rings is 1. The van der Waals surface area contributed by atoms with Crippen molar-refractivity contribution < 1.29 is 4.39 Å². The molecule has 0 bridgehead atoms. The molecule has 2 rings (SSSR count). The van der Waals surface area contributed by atoms with Gasteiger partial charge in [-0.1, -0.05) is 15.9 Å². The molecule has 1 atom stereocenters. The van der Waals surface area contributed by atoms with E-state index in [9.17, 15) is 4.39 Å². The van der Waals surface area contributed by atoms with Crippen molar-refractivity contribution >= 4 is 15.9 Å². The molecule has 90 valence electrons. The summed E-state index contributed by atoms with van der Waals surface area (Å²) in [5.74, 6) is 0.622. The van der Waals surface area contributed by atoms with E-state index in [1.165, 1.54) is 12.1 Å². The van der Waals surface area contributed by atoms with Gasteiger partial charge < -0.3 is 10.3 Å². The monoisotopic (exact) mass is 297 g/mol. The van der Waals surface area contributed by atoms with Crippen LogP contribution >= 0.6 is 15.9 Å². The van der Waals surface area contributed by atoms with Gasteiger partial charge in [0.2, 0.25) is 0 Å². The van der Waals surface area contributed by atoms with Crippen molar-refractivity contribution in [3.63, 3.8) is 0 Å². The number of nitrogens with zero attached hydrogens (tertiary/aromatic N) is 1. The topological polar surface area (TPSA) is 40.7 Å². The van der Waals surface area contributed by atoms with Gasteiger partial charge in [0.1, 0.15) is 11.6 Å². The van der Waals surface area contributed by atoms with Gasteiger partial charge in [-0.25, -0.2) is 9.37 Å². The predicted octanol–water partition coefficient (Wildman–Crippen LogP) is 2.81. The SMILES string of the molecule is CNC(Cc1cc(F)cc(Br)c1)c1ncc[nH]1. The number of hydrogen-bond acceptors (Lipinski definition) is 2. The number of likely N-dealkylation sites (N-methyl/N-ethyl adjacent to an activating group) is 1. The molecule has 0 saturated carbocycles. The number of aromatic amines is 1. The van der Waals surface area contributed by atoms with Gasteiger partial charge in [0.15, 0.2) is 0 Å². The second-order valence-electron chi connectivity index (χ2n) is 3.80. The number of halogens is 2. The van der Waals surface area contributed by atoms with Gasteiger partial charge in [-0.05, 0) is 37.2 Å². The molecule has 17 heavy (non-hydrogen) atoms. The summed E-state index contributed by atoms with van der Waals surface area (Å²) in [6, 6.07) is 4.96. The summed E-state index contributed by atoms with van der Waals surface area (Å²) in [4.78, 5) is 7.26. The normalized spacial score (nSPS) is 12.6. The smallest absolute Gasteiger partial charge is 0.124 e. The molecule has 0 fully saturated rings. The molecule has 5 heteroatoms. The van der Waals surface area contributed by atoms with Gasteiger partial charge >= 0.3 is 0 Å². The Hall–Kier alpha value is -1.20. The largest absolute Gasteiger partial charge is 0.347 e. The third-order valence-electron chi connectivity index (χ3n) is 2.56. The Kier molecular flexibility index (Phi) is 3.91. The van der Waals surface area contributed by atoms with Crippen LogP contribution in [0.1, 0.15) is 17.4 Å². The summed E-state index contributed by atoms with van der Waals surface area (Å²) in [6.07, 6.45) is 4.17. The molecule has 2 N–H and O–H groups in total. The van der Waals surface area contributed by atoms with Crippen molar-refractivity contribution in [1.82, 2.24) is 15.3 Å². The molecule has 0 aliphatic rings. The quantitative estimate of drug-likeness (QED) is 0.911. The molecule has 1 unspecified atom stereocenters. The second kappa shape index (κ2) is 5.42. The first kappa shape index (κ1) is 12.3. The van der Waals surface area contributed by atoms with E-state index < -0.39 is 0 Å². The molecule has 0 saturated heterocycles. The van der Waals surface area contributed by atoms with Crippen LogP contribution < -0.4 is 5.32 Å². The lowest BCUT2D eigenvalue weighted by atomic mass is 10.1. The van der Waals surface area contributed by atoms with E-state index in [2.05, 4.69) is 31.2 Å². The molecule has 1 heterocycles. The number of nitrogens with one attached hydrogen (secondary N) is 2. The molecule has 0 radical (unpaired) electrons. The maximum Gasteiger partial charge on any atom is 0.124 e. The first-order valence-corrected chi connectivity index (χ1v) is 6.10. The standard InChI is InChI=1S/C12H13BrFN3/c1-15-11(12-16-2-3-17-12)6-8-4-9(13)7-10(14)5-8/h2-5,7,11,15H,6H2,1H3,(H,16,17). The highest BCUT2D eigenvalue weighted by molar-refractivity contribution is 9.10. The van der Waals surface area contributed by atoms with Crippen molar-refractivity contribution in [1.29, 1.82) is 0 Å². The van der Waals surface area contributed by atoms with Crippen molar-refractivity contribution in [2.45, 2.75) is 12.5 Å². The third-order valence-corrected chi connectivity index (χ3v) is 3.02. The second-order valence-corrected chi connectivity index (χ2v) is 4.71. The van der Waals surface area contributed by atoms with E-state index in [0.29, 0.717) is 6.42 Å². The zero-order chi connectivity index (χ0) is 12.3. The van der Waals surface area contributed by atoms with E-state index in [1.807, 2.05) is 13.1 Å². The molecule has 0 amide bonds. The minimum absolute atomic E-state index is 0.0544. The summed E-state index contributed by atoms with van der Waals surface area (Å²) in [6.45, 7) is 0. The van der Waals surface area contributed by atoms with Gasteiger partial charge in [-0.3, -0.25) is 0 Å². The average molecular weight is 298 g/mol. The number of benzene rings is 1. The lowest BCUT2D eigenvalue weighted by molar-refractivity contribution is 0.558. The van der Waals surface area contributed by atoms with Crippen LogP contribution in [-0.2, 0) is 6.42 Å². The molecule has 0 spiro atoms. The maximum absolute atomic E-state index is 13.3. The summed E-state index contributed by atoms with van der Waals surface area (Å²) in [5.41, 5.74) is 0.924. The van der Waals surface area contributed by atoms with E-state index in [-0.39, 0.29) is 11.9 Å². The van der Waals surface area contributed by atoms with Gasteiger partial charge in [0, 0.05) is 16.9 Å². The Labute approximate surface area is 108 Å². The van der Waals surface area contributed by atoms with Crippen LogP contribution in [0.15, 0.2) is 35.1 Å². The molecule has 3 nitrogen and oxygen atoms in total. The molecule has 2 aromatic rings. The van der Waals surface area contributed by atoms with E-state index in [0.717, 1.165) is 15.9 Å². The predicted molar refractivity (Wildman–Crippen MR) is 68.2 cm³/mol. The zero-order valence-electron chi connectivity index (χ0n) is 9.37. The molecule has 1 aromatic heterocycles. The van der Waals surface area contributed by atoms with Crippen molar-refractivity contribution in [3.8, 4) is 0 Å². The Morgan fingerprint density at radius 2 is 2.29 bits per heavy atom. The number of hydrogen-bond donors (Lipinski definition) is 2. The Morgan fingerprint density at radius 1 is 1.47 bits per heavy atom. The van der Waals surface area contributed by atoms with Crippen LogP contribution in [0.4, 0.5) is 4.39 Å². The Bertz CT molecular complexity index is 464. The van der Waals surface area contributed by atoms with Crippen LogP contribution in [0, 0.1) is 5.82 Å². The Balaban J connectivity index is 2.18. The van der Waals surface area contributed by atoms with Crippen LogP contribution in [0.5, 0.6) is 0 Å². The Morgan fingerprint density at radius 3 is 2.88 bits per heavy atom. The highest BCUT2D eigenvalue weighted by atomic mass is 79.9. The van der Waals surface area contributed by atoms with Crippen molar-refractivity contribution in [2.24, 2.45) is 0 Å². The van der Waals surface area contributed by atoms with E-state index in [4.69, 9.17) is 0 Å². The molecular weight excluding hydrogens is 285 g/mol. The molecule has 1 aromatic carbocycles. The average Bonchev–Trinajstić information content (AvgIpc) is 2.77. The highest BCUT2D eigenvalue weighted by Gasteiger charge is 2.13. The van der Waals surface area contributed by atoms with Crippen LogP contribution in [0.3, 0.4) is 0 Å². The lowest BCUT2D eigenvalue weighted by Crippen LogP contribution is -2.20. The summed E-state index contributed by atoms with van der Waals surface area (Å²) >= 11 is 3.29. The summed E-state index contributed by atoms with van der Waals surface area (Å²) < 4.78 is 14.0. The van der Waals surface area contributed by atoms with Crippen molar-refractivity contribution in [3.05, 3.63) is 52.3 Å². The van der Waals surface area contributed by atoms with Gasteiger partial charge in [0.25, 0.3) is 0 Å². The third kappa shape index (κ3) is 3.14. The first-order valence-electron chi connectivity index (χ1n) is 5.30. The van der Waals surface area contributed by atoms with Crippen LogP contribution in [-0.4, -0.2) is 17.0 Å². The van der Waals surface area contributed by atoms with Gasteiger partial charge in [-0.2, -0.15) is 0 Å². The maximum atomic E-state index is 13.3. The number of rotatable bonds is 4. The summed E-state index contributed by atoms with van der Waals surface area (Å²) in [7, 11) is 1.86. The van der Waals surface area contributed by atoms with E-state index >= 15 is 0 Å². The van der Waals surface area contributed by atoms with E-state index in [1.54, 1.807) is 12.4 Å². The van der Waals surface area contributed by atoms with Crippen LogP contribution in [0.25, 0.3) is 0 Å². The minimum atomic E-state index is -0.233.